The normalized spacial score (nSPS) is 12.0. The maximum Gasteiger partial charge on any atom is 0.344 e. The first kappa shape index (κ1) is 17.3. The molecule has 1 aromatic carbocycles. The third-order valence-electron chi connectivity index (χ3n) is 3.44. The van der Waals surface area contributed by atoms with Gasteiger partial charge in [0.15, 0.2) is 6.10 Å². The minimum absolute atomic E-state index is 0.0764. The Kier molecular flexibility index (Phi) is 8.32. The molecule has 1 unspecified atom stereocenters. The number of rotatable bonds is 11. The second-order valence-corrected chi connectivity index (χ2v) is 5.35. The summed E-state index contributed by atoms with van der Waals surface area (Å²) < 4.78 is 5.44. The molecule has 1 rings (SSSR count). The second-order valence-electron chi connectivity index (χ2n) is 5.35. The van der Waals surface area contributed by atoms with Crippen molar-refractivity contribution >= 4 is 5.97 Å². The molecule has 0 bridgehead atoms. The van der Waals surface area contributed by atoms with Crippen molar-refractivity contribution in [2.75, 3.05) is 0 Å². The van der Waals surface area contributed by atoms with Crippen molar-refractivity contribution in [1.29, 1.82) is 0 Å². The highest BCUT2D eigenvalue weighted by molar-refractivity contribution is 5.72. The van der Waals surface area contributed by atoms with Crippen molar-refractivity contribution in [2.24, 2.45) is 0 Å². The number of carboxylic acid groups (broad SMARTS) is 1. The van der Waals surface area contributed by atoms with Crippen LogP contribution in [0.15, 0.2) is 24.3 Å². The molecule has 0 heterocycles. The van der Waals surface area contributed by atoms with Gasteiger partial charge in [-0.05, 0) is 25.0 Å². The Labute approximate surface area is 126 Å². The standard InChI is InChI=1S/C17H26O4/c1-2-3-4-5-6-7-8-12-16(17(19)20)21-15-11-9-10-14(18)13-15/h9-11,13,16,18H,2-8,12H2,1H3,(H,19,20). The van der Waals surface area contributed by atoms with E-state index in [1.54, 1.807) is 12.1 Å². The van der Waals surface area contributed by atoms with Gasteiger partial charge in [0.1, 0.15) is 11.5 Å². The Morgan fingerprint density at radius 2 is 1.81 bits per heavy atom. The van der Waals surface area contributed by atoms with E-state index in [9.17, 15) is 15.0 Å². The molecule has 0 fully saturated rings. The zero-order valence-corrected chi connectivity index (χ0v) is 12.8. The van der Waals surface area contributed by atoms with Crippen molar-refractivity contribution in [3.8, 4) is 11.5 Å². The first-order chi connectivity index (χ1) is 10.1. The lowest BCUT2D eigenvalue weighted by Crippen LogP contribution is -2.26. The highest BCUT2D eigenvalue weighted by Crippen LogP contribution is 2.20. The maximum atomic E-state index is 11.2. The minimum Gasteiger partial charge on any atom is -0.508 e. The van der Waals surface area contributed by atoms with Gasteiger partial charge in [-0.15, -0.1) is 0 Å². The zero-order chi connectivity index (χ0) is 15.5. The van der Waals surface area contributed by atoms with Crippen LogP contribution >= 0.6 is 0 Å². The van der Waals surface area contributed by atoms with Gasteiger partial charge in [-0.3, -0.25) is 0 Å². The number of hydrogen-bond donors (Lipinski definition) is 2. The van der Waals surface area contributed by atoms with Crippen molar-refractivity contribution in [1.82, 2.24) is 0 Å². The van der Waals surface area contributed by atoms with Crippen LogP contribution in [0.25, 0.3) is 0 Å². The van der Waals surface area contributed by atoms with Gasteiger partial charge in [0.25, 0.3) is 0 Å². The Hall–Kier alpha value is -1.71. The lowest BCUT2D eigenvalue weighted by atomic mass is 10.1. The molecule has 0 saturated heterocycles. The van der Waals surface area contributed by atoms with Crippen molar-refractivity contribution in [3.05, 3.63) is 24.3 Å². The second kappa shape index (κ2) is 10.1. The maximum absolute atomic E-state index is 11.2. The quantitative estimate of drug-likeness (QED) is 0.595. The number of unbranched alkanes of at least 4 members (excludes halogenated alkanes) is 6. The Balaban J connectivity index is 2.29. The molecule has 4 nitrogen and oxygen atoms in total. The molecular weight excluding hydrogens is 268 g/mol. The fraction of sp³-hybridized carbons (Fsp3) is 0.588. The number of aromatic hydroxyl groups is 1. The number of benzene rings is 1. The topological polar surface area (TPSA) is 66.8 Å². The number of ether oxygens (including phenoxy) is 1. The van der Waals surface area contributed by atoms with E-state index in [0.29, 0.717) is 12.2 Å². The van der Waals surface area contributed by atoms with E-state index in [1.165, 1.54) is 37.8 Å². The molecule has 21 heavy (non-hydrogen) atoms. The first-order valence-corrected chi connectivity index (χ1v) is 7.82. The van der Waals surface area contributed by atoms with Gasteiger partial charge < -0.3 is 14.9 Å². The number of hydrogen-bond acceptors (Lipinski definition) is 3. The van der Waals surface area contributed by atoms with Gasteiger partial charge in [0.2, 0.25) is 0 Å². The first-order valence-electron chi connectivity index (χ1n) is 7.82. The number of aliphatic carboxylic acids is 1. The monoisotopic (exact) mass is 294 g/mol. The van der Waals surface area contributed by atoms with Crippen LogP contribution in [0, 0.1) is 0 Å². The lowest BCUT2D eigenvalue weighted by Gasteiger charge is -2.15. The molecule has 2 N–H and O–H groups in total. The molecule has 0 aliphatic carbocycles. The van der Waals surface area contributed by atoms with Gasteiger partial charge in [-0.25, -0.2) is 4.79 Å². The smallest absolute Gasteiger partial charge is 0.344 e. The summed E-state index contributed by atoms with van der Waals surface area (Å²) in [7, 11) is 0. The molecule has 1 aromatic rings. The fourth-order valence-corrected chi connectivity index (χ4v) is 2.24. The summed E-state index contributed by atoms with van der Waals surface area (Å²) in [6.45, 7) is 2.19. The molecule has 0 aliphatic rings. The van der Waals surface area contributed by atoms with E-state index in [0.717, 1.165) is 19.3 Å². The van der Waals surface area contributed by atoms with Crippen LogP contribution in [-0.4, -0.2) is 22.3 Å². The molecule has 0 spiro atoms. The Morgan fingerprint density at radius 1 is 1.14 bits per heavy atom. The van der Waals surface area contributed by atoms with Gasteiger partial charge in [-0.1, -0.05) is 51.5 Å². The molecule has 1 atom stereocenters. The summed E-state index contributed by atoms with van der Waals surface area (Å²) in [4.78, 5) is 11.2. The number of carboxylic acids is 1. The van der Waals surface area contributed by atoms with E-state index in [1.807, 2.05) is 0 Å². The third-order valence-corrected chi connectivity index (χ3v) is 3.44. The minimum atomic E-state index is -0.954. The number of phenolic OH excluding ortho intramolecular Hbond substituents is 1. The van der Waals surface area contributed by atoms with Gasteiger partial charge in [0.05, 0.1) is 0 Å². The summed E-state index contributed by atoms with van der Waals surface area (Å²) in [6, 6.07) is 6.25. The van der Waals surface area contributed by atoms with E-state index < -0.39 is 12.1 Å². The van der Waals surface area contributed by atoms with Crippen LogP contribution in [0.3, 0.4) is 0 Å². The molecule has 0 saturated carbocycles. The van der Waals surface area contributed by atoms with Gasteiger partial charge in [-0.2, -0.15) is 0 Å². The molecule has 4 heteroatoms. The van der Waals surface area contributed by atoms with Crippen molar-refractivity contribution in [2.45, 2.75) is 64.4 Å². The summed E-state index contributed by atoms with van der Waals surface area (Å²) in [5, 5.41) is 18.5. The predicted octanol–water partition coefficient (Wildman–Crippen LogP) is 4.36. The van der Waals surface area contributed by atoms with E-state index in [2.05, 4.69) is 6.92 Å². The summed E-state index contributed by atoms with van der Waals surface area (Å²) in [5.74, 6) is -0.484. The molecule has 118 valence electrons. The SMILES string of the molecule is CCCCCCCCCC(Oc1cccc(O)c1)C(=O)O. The van der Waals surface area contributed by atoms with E-state index in [4.69, 9.17) is 4.74 Å². The van der Waals surface area contributed by atoms with Crippen LogP contribution in [0.2, 0.25) is 0 Å². The van der Waals surface area contributed by atoms with E-state index >= 15 is 0 Å². The van der Waals surface area contributed by atoms with Gasteiger partial charge in [0, 0.05) is 6.07 Å². The van der Waals surface area contributed by atoms with Crippen LogP contribution in [-0.2, 0) is 4.79 Å². The summed E-state index contributed by atoms with van der Waals surface area (Å²) >= 11 is 0. The summed E-state index contributed by atoms with van der Waals surface area (Å²) in [5.41, 5.74) is 0. The summed E-state index contributed by atoms with van der Waals surface area (Å²) in [6.07, 6.45) is 7.69. The molecular formula is C17H26O4. The Morgan fingerprint density at radius 3 is 2.43 bits per heavy atom. The third kappa shape index (κ3) is 7.59. The fourth-order valence-electron chi connectivity index (χ4n) is 2.24. The average Bonchev–Trinajstić information content (AvgIpc) is 2.45. The largest absolute Gasteiger partial charge is 0.508 e. The molecule has 0 radical (unpaired) electrons. The number of carbonyl (C=O) groups is 1. The number of phenols is 1. The van der Waals surface area contributed by atoms with Gasteiger partial charge >= 0.3 is 5.97 Å². The Bertz CT molecular complexity index is 417. The van der Waals surface area contributed by atoms with Crippen LogP contribution in [0.4, 0.5) is 0 Å². The highest BCUT2D eigenvalue weighted by Gasteiger charge is 2.18. The highest BCUT2D eigenvalue weighted by atomic mass is 16.5. The lowest BCUT2D eigenvalue weighted by molar-refractivity contribution is -0.145. The van der Waals surface area contributed by atoms with E-state index in [-0.39, 0.29) is 5.75 Å². The molecule has 0 amide bonds. The molecule has 0 aromatic heterocycles. The zero-order valence-electron chi connectivity index (χ0n) is 12.8. The van der Waals surface area contributed by atoms with Crippen molar-refractivity contribution < 1.29 is 19.7 Å². The van der Waals surface area contributed by atoms with Crippen LogP contribution in [0.5, 0.6) is 11.5 Å². The predicted molar refractivity (Wildman–Crippen MR) is 82.8 cm³/mol. The molecule has 0 aliphatic heterocycles. The van der Waals surface area contributed by atoms with Crippen LogP contribution in [0.1, 0.15) is 58.3 Å². The van der Waals surface area contributed by atoms with Crippen molar-refractivity contribution in [3.63, 3.8) is 0 Å². The average molecular weight is 294 g/mol. The van der Waals surface area contributed by atoms with Crippen LogP contribution < -0.4 is 4.74 Å².